The summed E-state index contributed by atoms with van der Waals surface area (Å²) >= 11 is 5.83. The molecule has 3 aromatic rings. The normalized spacial score (nSPS) is 10.9. The molecule has 0 aliphatic rings. The lowest BCUT2D eigenvalue weighted by Gasteiger charge is -2.04. The molecule has 0 amide bonds. The Labute approximate surface area is 119 Å². The zero-order valence-corrected chi connectivity index (χ0v) is 11.3. The zero-order chi connectivity index (χ0) is 14.3. The number of carboxylic acids is 1. The summed E-state index contributed by atoms with van der Waals surface area (Å²) in [5.41, 5.74) is 2.50. The summed E-state index contributed by atoms with van der Waals surface area (Å²) in [4.78, 5) is 15.3. The second-order valence-corrected chi connectivity index (χ2v) is 4.88. The molecule has 0 aliphatic carbocycles. The maximum absolute atomic E-state index is 11.0. The van der Waals surface area contributed by atoms with Crippen LogP contribution < -0.4 is 5.11 Å². The quantitative estimate of drug-likeness (QED) is 0.726. The van der Waals surface area contributed by atoms with E-state index in [0.717, 1.165) is 5.56 Å². The predicted molar refractivity (Wildman–Crippen MR) is 73.5 cm³/mol. The number of aromatic nitrogens is 1. The van der Waals surface area contributed by atoms with Crippen molar-refractivity contribution in [1.82, 2.24) is 4.98 Å². The van der Waals surface area contributed by atoms with Crippen molar-refractivity contribution < 1.29 is 14.3 Å². The van der Waals surface area contributed by atoms with Crippen molar-refractivity contribution in [3.05, 3.63) is 52.5 Å². The number of aromatic carboxylic acids is 1. The maximum atomic E-state index is 11.0. The Morgan fingerprint density at radius 2 is 1.95 bits per heavy atom. The number of fused-ring (bicyclic) bond motifs is 1. The Morgan fingerprint density at radius 3 is 2.60 bits per heavy atom. The van der Waals surface area contributed by atoms with Gasteiger partial charge in [-0.1, -0.05) is 11.6 Å². The van der Waals surface area contributed by atoms with Gasteiger partial charge in [-0.15, -0.1) is 0 Å². The Hall–Kier alpha value is -2.33. The van der Waals surface area contributed by atoms with Crippen molar-refractivity contribution in [2.45, 2.75) is 6.92 Å². The summed E-state index contributed by atoms with van der Waals surface area (Å²) in [5.74, 6) is -0.799. The van der Waals surface area contributed by atoms with Crippen LogP contribution in [-0.4, -0.2) is 11.0 Å². The van der Waals surface area contributed by atoms with Crippen LogP contribution in [0.25, 0.3) is 22.6 Å². The average molecular weight is 287 g/mol. The van der Waals surface area contributed by atoms with E-state index in [9.17, 15) is 9.90 Å². The number of hydrogen-bond acceptors (Lipinski definition) is 4. The van der Waals surface area contributed by atoms with Crippen LogP contribution in [0.1, 0.15) is 15.9 Å². The van der Waals surface area contributed by atoms with E-state index in [4.69, 9.17) is 16.0 Å². The fourth-order valence-electron chi connectivity index (χ4n) is 2.01. The number of carbonyl (C=O) groups excluding carboxylic acids is 1. The number of oxazole rings is 1. The lowest BCUT2D eigenvalue weighted by atomic mass is 10.1. The molecule has 0 saturated heterocycles. The van der Waals surface area contributed by atoms with Gasteiger partial charge in [0.2, 0.25) is 5.89 Å². The fourth-order valence-corrected chi connectivity index (χ4v) is 2.14. The van der Waals surface area contributed by atoms with Crippen LogP contribution in [0, 0.1) is 6.92 Å². The first-order valence-corrected chi connectivity index (χ1v) is 6.31. The molecule has 0 aliphatic heterocycles. The summed E-state index contributed by atoms with van der Waals surface area (Å²) in [5, 5.41) is 11.6. The smallest absolute Gasteiger partial charge is 0.227 e. The minimum Gasteiger partial charge on any atom is -0.545 e. The minimum absolute atomic E-state index is 0.119. The third-order valence-electron chi connectivity index (χ3n) is 3.05. The van der Waals surface area contributed by atoms with Crippen LogP contribution in [0.4, 0.5) is 0 Å². The molecule has 1 heterocycles. The second kappa shape index (κ2) is 4.65. The SMILES string of the molecule is Cc1cc2oc(-c3ccc(Cl)cc3)nc2cc1C(=O)[O-]. The number of aryl methyl sites for hydroxylation is 1. The third-order valence-corrected chi connectivity index (χ3v) is 3.30. The molecular formula is C15H9ClNO3-. The van der Waals surface area contributed by atoms with E-state index >= 15 is 0 Å². The van der Waals surface area contributed by atoms with E-state index in [1.807, 2.05) is 0 Å². The van der Waals surface area contributed by atoms with Gasteiger partial charge < -0.3 is 14.3 Å². The summed E-state index contributed by atoms with van der Waals surface area (Å²) in [6.07, 6.45) is 0. The van der Waals surface area contributed by atoms with Gasteiger partial charge in [0.1, 0.15) is 5.52 Å². The van der Waals surface area contributed by atoms with E-state index in [0.29, 0.717) is 27.6 Å². The standard InChI is InChI=1S/C15H10ClNO3/c1-8-6-13-12(7-11(8)15(18)19)17-14(20-13)9-2-4-10(16)5-3-9/h2-7H,1H3,(H,18,19)/p-1. The van der Waals surface area contributed by atoms with E-state index < -0.39 is 5.97 Å². The molecule has 100 valence electrons. The van der Waals surface area contributed by atoms with Gasteiger partial charge in [0.25, 0.3) is 0 Å². The van der Waals surface area contributed by atoms with Gasteiger partial charge in [-0.3, -0.25) is 0 Å². The van der Waals surface area contributed by atoms with Crippen LogP contribution in [0.3, 0.4) is 0 Å². The van der Waals surface area contributed by atoms with E-state index in [1.54, 1.807) is 37.3 Å². The number of nitrogens with zero attached hydrogens (tertiary/aromatic N) is 1. The van der Waals surface area contributed by atoms with Crippen LogP contribution in [-0.2, 0) is 0 Å². The molecule has 2 aromatic carbocycles. The van der Waals surface area contributed by atoms with Gasteiger partial charge in [-0.25, -0.2) is 4.98 Å². The van der Waals surface area contributed by atoms with Crippen molar-refractivity contribution >= 4 is 28.7 Å². The summed E-state index contributed by atoms with van der Waals surface area (Å²) < 4.78 is 5.64. The fraction of sp³-hybridized carbons (Fsp3) is 0.0667. The minimum atomic E-state index is -1.22. The molecule has 1 aromatic heterocycles. The molecule has 0 saturated carbocycles. The number of carboxylic acid groups (broad SMARTS) is 1. The van der Waals surface area contributed by atoms with Crippen molar-refractivity contribution in [2.75, 3.05) is 0 Å². The predicted octanol–water partition coefficient (Wildman–Crippen LogP) is 2.82. The number of benzene rings is 2. The van der Waals surface area contributed by atoms with E-state index in [1.165, 1.54) is 6.07 Å². The highest BCUT2D eigenvalue weighted by Gasteiger charge is 2.11. The van der Waals surface area contributed by atoms with Crippen LogP contribution >= 0.6 is 11.6 Å². The van der Waals surface area contributed by atoms with Gasteiger partial charge in [-0.2, -0.15) is 0 Å². The molecule has 3 rings (SSSR count). The van der Waals surface area contributed by atoms with Gasteiger partial charge in [0.15, 0.2) is 5.58 Å². The summed E-state index contributed by atoms with van der Waals surface area (Å²) in [6, 6.07) is 10.2. The number of rotatable bonds is 2. The molecule has 20 heavy (non-hydrogen) atoms. The lowest BCUT2D eigenvalue weighted by molar-refractivity contribution is -0.255. The zero-order valence-electron chi connectivity index (χ0n) is 10.5. The number of carbonyl (C=O) groups is 1. The largest absolute Gasteiger partial charge is 0.545 e. The third kappa shape index (κ3) is 2.14. The lowest BCUT2D eigenvalue weighted by Crippen LogP contribution is -2.23. The number of hydrogen-bond donors (Lipinski definition) is 0. The van der Waals surface area contributed by atoms with Gasteiger partial charge in [0.05, 0.1) is 5.97 Å². The van der Waals surface area contributed by atoms with Gasteiger partial charge in [0, 0.05) is 16.1 Å². The summed E-state index contributed by atoms with van der Waals surface area (Å²) in [7, 11) is 0. The van der Waals surface area contributed by atoms with Crippen molar-refractivity contribution in [1.29, 1.82) is 0 Å². The van der Waals surface area contributed by atoms with Crippen molar-refractivity contribution in [3.63, 3.8) is 0 Å². The van der Waals surface area contributed by atoms with E-state index in [-0.39, 0.29) is 5.56 Å². The second-order valence-electron chi connectivity index (χ2n) is 4.45. The Morgan fingerprint density at radius 1 is 1.25 bits per heavy atom. The monoisotopic (exact) mass is 286 g/mol. The highest BCUT2D eigenvalue weighted by Crippen LogP contribution is 2.27. The van der Waals surface area contributed by atoms with Crippen molar-refractivity contribution in [3.8, 4) is 11.5 Å². The van der Waals surface area contributed by atoms with Crippen LogP contribution in [0.2, 0.25) is 5.02 Å². The molecule has 0 atom stereocenters. The van der Waals surface area contributed by atoms with Crippen LogP contribution in [0.5, 0.6) is 0 Å². The average Bonchev–Trinajstić information content (AvgIpc) is 2.81. The van der Waals surface area contributed by atoms with Crippen LogP contribution in [0.15, 0.2) is 40.8 Å². The first-order valence-electron chi connectivity index (χ1n) is 5.93. The molecule has 0 N–H and O–H groups in total. The first kappa shape index (κ1) is 12.7. The molecule has 0 spiro atoms. The van der Waals surface area contributed by atoms with E-state index in [2.05, 4.69) is 4.98 Å². The Bertz CT molecular complexity index is 806. The molecular weight excluding hydrogens is 278 g/mol. The highest BCUT2D eigenvalue weighted by atomic mass is 35.5. The van der Waals surface area contributed by atoms with Crippen molar-refractivity contribution in [2.24, 2.45) is 0 Å². The molecule has 0 fully saturated rings. The molecule has 4 nitrogen and oxygen atoms in total. The topological polar surface area (TPSA) is 66.2 Å². The first-order chi connectivity index (χ1) is 9.54. The molecule has 0 radical (unpaired) electrons. The number of halogens is 1. The molecule has 5 heteroatoms. The van der Waals surface area contributed by atoms with Gasteiger partial charge >= 0.3 is 0 Å². The van der Waals surface area contributed by atoms with Gasteiger partial charge in [-0.05, 0) is 48.9 Å². The summed E-state index contributed by atoms with van der Waals surface area (Å²) in [6.45, 7) is 1.69. The maximum Gasteiger partial charge on any atom is 0.227 e. The Kier molecular flexibility index (Phi) is 2.95. The Balaban J connectivity index is 2.15. The molecule has 0 bridgehead atoms. The molecule has 0 unspecified atom stereocenters. The highest BCUT2D eigenvalue weighted by molar-refractivity contribution is 6.30.